The zero-order valence-electron chi connectivity index (χ0n) is 22.5. The summed E-state index contributed by atoms with van der Waals surface area (Å²) in [5.74, 6) is 2.09. The minimum Gasteiger partial charge on any atom is -0.489 e. The molecule has 0 unspecified atom stereocenters. The van der Waals surface area contributed by atoms with Crippen LogP contribution in [-0.2, 0) is 0 Å². The Morgan fingerprint density at radius 1 is 1.05 bits per heavy atom. The molecule has 1 fully saturated rings. The highest BCUT2D eigenvalue weighted by Crippen LogP contribution is 2.40. The van der Waals surface area contributed by atoms with Crippen LogP contribution in [0.4, 0.5) is 27.4 Å². The molecule has 0 spiro atoms. The minimum absolute atomic E-state index is 0.326. The average molecular weight is 505 g/mol. The van der Waals surface area contributed by atoms with E-state index in [0.717, 1.165) is 66.5 Å². The third-order valence-electron chi connectivity index (χ3n) is 7.47. The summed E-state index contributed by atoms with van der Waals surface area (Å²) in [6.07, 6.45) is 5.37. The zero-order valence-corrected chi connectivity index (χ0v) is 22.5. The van der Waals surface area contributed by atoms with Gasteiger partial charge in [-0.2, -0.15) is 0 Å². The second-order valence-corrected chi connectivity index (χ2v) is 10.5. The molecule has 4 heterocycles. The van der Waals surface area contributed by atoms with Gasteiger partial charge in [-0.15, -0.1) is 0 Å². The van der Waals surface area contributed by atoms with Crippen molar-refractivity contribution in [3.8, 4) is 16.9 Å². The molecule has 0 amide bonds. The Hall–Kier alpha value is -3.39. The van der Waals surface area contributed by atoms with Crippen molar-refractivity contribution in [1.29, 1.82) is 0 Å². The molecule has 8 heteroatoms. The summed E-state index contributed by atoms with van der Waals surface area (Å²) in [5.41, 5.74) is 4.14. The number of nitrogens with zero attached hydrogens (tertiary/aromatic N) is 5. The molecule has 2 aliphatic rings. The number of benzene rings is 1. The molecule has 2 aromatic heterocycles. The lowest BCUT2D eigenvalue weighted by Crippen LogP contribution is -2.42. The maximum Gasteiger partial charge on any atom is 0.149 e. The first-order valence-corrected chi connectivity index (χ1v) is 13.1. The van der Waals surface area contributed by atoms with Crippen molar-refractivity contribution in [2.75, 3.05) is 55.5 Å². The second kappa shape index (κ2) is 10.5. The van der Waals surface area contributed by atoms with E-state index in [1.165, 1.54) is 6.20 Å². The number of ether oxygens (including phenoxy) is 1. The zero-order chi connectivity index (χ0) is 26.1. The fourth-order valence-corrected chi connectivity index (χ4v) is 5.35. The first-order valence-electron chi connectivity index (χ1n) is 13.1. The van der Waals surface area contributed by atoms with Gasteiger partial charge in [0.1, 0.15) is 29.8 Å². The van der Waals surface area contributed by atoms with E-state index in [2.05, 4.69) is 57.9 Å². The van der Waals surface area contributed by atoms with Crippen LogP contribution in [0.3, 0.4) is 0 Å². The van der Waals surface area contributed by atoms with Gasteiger partial charge >= 0.3 is 0 Å². The lowest BCUT2D eigenvalue weighted by atomic mass is 10.00. The van der Waals surface area contributed by atoms with Crippen LogP contribution in [0.1, 0.15) is 32.3 Å². The predicted octanol–water partition coefficient (Wildman–Crippen LogP) is 5.47. The van der Waals surface area contributed by atoms with Crippen molar-refractivity contribution in [2.24, 2.45) is 0 Å². The molecule has 0 bridgehead atoms. The second-order valence-electron chi connectivity index (χ2n) is 10.5. The lowest BCUT2D eigenvalue weighted by Gasteiger charge is -2.35. The van der Waals surface area contributed by atoms with E-state index in [9.17, 15) is 4.39 Å². The Morgan fingerprint density at radius 2 is 1.84 bits per heavy atom. The Balaban J connectivity index is 1.35. The number of halogens is 1. The van der Waals surface area contributed by atoms with Gasteiger partial charge in [0.15, 0.2) is 0 Å². The fourth-order valence-electron chi connectivity index (χ4n) is 5.35. The Bertz CT molecular complexity index is 1240. The summed E-state index contributed by atoms with van der Waals surface area (Å²) in [5, 5.41) is 3.30. The number of hydrogen-bond donors (Lipinski definition) is 1. The Labute approximate surface area is 219 Å². The third kappa shape index (κ3) is 5.34. The van der Waals surface area contributed by atoms with E-state index in [0.29, 0.717) is 30.1 Å². The topological polar surface area (TPSA) is 56.8 Å². The largest absolute Gasteiger partial charge is 0.489 e. The van der Waals surface area contributed by atoms with Crippen molar-refractivity contribution < 1.29 is 9.13 Å². The highest BCUT2D eigenvalue weighted by molar-refractivity contribution is 5.77. The lowest BCUT2D eigenvalue weighted by molar-refractivity contribution is 0.249. The molecule has 5 rings (SSSR count). The Morgan fingerprint density at radius 3 is 2.51 bits per heavy atom. The molecule has 7 nitrogen and oxygen atoms in total. The monoisotopic (exact) mass is 504 g/mol. The van der Waals surface area contributed by atoms with Crippen molar-refractivity contribution >= 4 is 23.0 Å². The fraction of sp³-hybridized carbons (Fsp3) is 0.448. The number of fused-ring (bicyclic) bond motifs is 1. The normalized spacial score (nSPS) is 16.2. The first-order chi connectivity index (χ1) is 17.8. The molecule has 3 aromatic rings. The van der Waals surface area contributed by atoms with Crippen LogP contribution in [0.2, 0.25) is 0 Å². The standard InChI is InChI=1S/C29H37FN6O/c1-19(2)36-12-13-37-29-20(3)14-21(15-26(29)36)24-16-27(31-18-25(24)30)33-22-6-7-28(32-17-22)35-10-8-23(9-11-35)34(4)5/h6-7,14-19,23H,8-13H2,1-5H3,(H,31,33). The Kier molecular flexibility index (Phi) is 7.20. The highest BCUT2D eigenvalue weighted by atomic mass is 19.1. The molecule has 0 aliphatic carbocycles. The van der Waals surface area contributed by atoms with Gasteiger partial charge in [-0.3, -0.25) is 0 Å². The number of anilines is 4. The smallest absolute Gasteiger partial charge is 0.149 e. The summed E-state index contributed by atoms with van der Waals surface area (Å²) in [6, 6.07) is 10.8. The number of pyridine rings is 2. The van der Waals surface area contributed by atoms with E-state index in [1.807, 2.05) is 37.4 Å². The minimum atomic E-state index is -0.354. The molecule has 37 heavy (non-hydrogen) atoms. The molecule has 1 aromatic carbocycles. The van der Waals surface area contributed by atoms with Crippen LogP contribution in [0.25, 0.3) is 11.1 Å². The maximum atomic E-state index is 15.0. The van der Waals surface area contributed by atoms with E-state index in [-0.39, 0.29) is 5.82 Å². The van der Waals surface area contributed by atoms with Gasteiger partial charge in [0.05, 0.1) is 30.3 Å². The molecule has 1 N–H and O–H groups in total. The van der Waals surface area contributed by atoms with Gasteiger partial charge in [0, 0.05) is 30.7 Å². The van der Waals surface area contributed by atoms with Gasteiger partial charge in [-0.25, -0.2) is 14.4 Å². The highest BCUT2D eigenvalue weighted by Gasteiger charge is 2.24. The molecule has 0 radical (unpaired) electrons. The van der Waals surface area contributed by atoms with Crippen LogP contribution in [0.15, 0.2) is 42.7 Å². The van der Waals surface area contributed by atoms with E-state index in [4.69, 9.17) is 4.74 Å². The molecule has 2 aliphatic heterocycles. The van der Waals surface area contributed by atoms with Crippen molar-refractivity contribution in [1.82, 2.24) is 14.9 Å². The number of aromatic nitrogens is 2. The molecule has 0 saturated carbocycles. The van der Waals surface area contributed by atoms with E-state index < -0.39 is 0 Å². The van der Waals surface area contributed by atoms with E-state index >= 15 is 0 Å². The predicted molar refractivity (Wildman–Crippen MR) is 149 cm³/mol. The van der Waals surface area contributed by atoms with E-state index in [1.54, 1.807) is 6.07 Å². The summed E-state index contributed by atoms with van der Waals surface area (Å²) in [7, 11) is 4.30. The van der Waals surface area contributed by atoms with Crippen molar-refractivity contribution in [3.05, 3.63) is 54.1 Å². The molecule has 1 saturated heterocycles. The maximum absolute atomic E-state index is 15.0. The number of hydrogen-bond acceptors (Lipinski definition) is 7. The SMILES string of the molecule is Cc1cc(-c2cc(Nc3ccc(N4CCC(N(C)C)CC4)nc3)ncc2F)cc2c1OCCN2C(C)C. The van der Waals surface area contributed by atoms with Gasteiger partial charge in [-0.1, -0.05) is 0 Å². The summed E-state index contributed by atoms with van der Waals surface area (Å²) in [4.78, 5) is 15.9. The quantitative estimate of drug-likeness (QED) is 0.478. The van der Waals surface area contributed by atoms with Crippen LogP contribution in [0.5, 0.6) is 5.75 Å². The molecule has 0 atom stereocenters. The first kappa shape index (κ1) is 25.3. The summed E-state index contributed by atoms with van der Waals surface area (Å²) in [6.45, 7) is 9.82. The molecule has 196 valence electrons. The molecular formula is C29H37FN6O. The van der Waals surface area contributed by atoms with Gasteiger partial charge in [-0.05, 0) is 89.2 Å². The average Bonchev–Trinajstić information content (AvgIpc) is 2.90. The third-order valence-corrected chi connectivity index (χ3v) is 7.47. The van der Waals surface area contributed by atoms with Gasteiger partial charge in [0.2, 0.25) is 0 Å². The van der Waals surface area contributed by atoms with Crippen LogP contribution < -0.4 is 19.9 Å². The van der Waals surface area contributed by atoms with Crippen molar-refractivity contribution in [3.63, 3.8) is 0 Å². The number of aryl methyl sites for hydroxylation is 1. The van der Waals surface area contributed by atoms with Crippen LogP contribution in [0, 0.1) is 12.7 Å². The summed E-state index contributed by atoms with van der Waals surface area (Å²) >= 11 is 0. The summed E-state index contributed by atoms with van der Waals surface area (Å²) < 4.78 is 20.9. The van der Waals surface area contributed by atoms with Crippen LogP contribution in [-0.4, -0.2) is 67.3 Å². The number of piperidine rings is 1. The number of nitrogens with one attached hydrogen (secondary N) is 1. The van der Waals surface area contributed by atoms with Crippen molar-refractivity contribution in [2.45, 2.75) is 45.7 Å². The van der Waals surface area contributed by atoms with Gasteiger partial charge in [0.25, 0.3) is 0 Å². The molecular weight excluding hydrogens is 467 g/mol. The van der Waals surface area contributed by atoms with Gasteiger partial charge < -0.3 is 24.8 Å². The number of rotatable bonds is 6. The van der Waals surface area contributed by atoms with Crippen LogP contribution >= 0.6 is 0 Å².